The Kier molecular flexibility index (Phi) is 3.64. The zero-order valence-electron chi connectivity index (χ0n) is 10.1. The number of H-pyrrole nitrogens is 1. The summed E-state index contributed by atoms with van der Waals surface area (Å²) in [6.07, 6.45) is -4.32. The van der Waals surface area contributed by atoms with Gasteiger partial charge in [0.05, 0.1) is 0 Å². The molecule has 1 aliphatic heterocycles. The van der Waals surface area contributed by atoms with Crippen LogP contribution in [0.15, 0.2) is 0 Å². The van der Waals surface area contributed by atoms with Crippen molar-refractivity contribution in [2.75, 3.05) is 13.1 Å². The van der Waals surface area contributed by atoms with E-state index in [1.807, 2.05) is 0 Å². The van der Waals surface area contributed by atoms with Crippen molar-refractivity contribution in [2.24, 2.45) is 0 Å². The number of likely N-dealkylation sites (tertiary alicyclic amines) is 1. The first-order valence-electron chi connectivity index (χ1n) is 5.80. The largest absolute Gasteiger partial charge is 0.475 e. The van der Waals surface area contributed by atoms with Gasteiger partial charge >= 0.3 is 18.1 Å². The molecular weight excluding hydrogens is 281 g/mol. The number of carboxylic acids is 1. The van der Waals surface area contributed by atoms with Crippen molar-refractivity contribution >= 4 is 11.9 Å². The first kappa shape index (κ1) is 14.3. The number of nitrogens with zero attached hydrogens (tertiary/aromatic N) is 3. The van der Waals surface area contributed by atoms with Crippen LogP contribution in [0.4, 0.5) is 13.2 Å². The number of carbonyl (C=O) groups is 2. The van der Waals surface area contributed by atoms with E-state index in [1.165, 1.54) is 0 Å². The van der Waals surface area contributed by atoms with Gasteiger partial charge in [-0.1, -0.05) is 0 Å². The number of carboxylic acid groups (broad SMARTS) is 1. The fourth-order valence-corrected chi connectivity index (χ4v) is 2.09. The SMILES string of the molecule is O=C(O)c1n[nH]c(C2CCN(C(=O)C(F)(F)F)CC2)n1. The van der Waals surface area contributed by atoms with E-state index in [2.05, 4.69) is 15.2 Å². The minimum absolute atomic E-state index is 0.0495. The number of aromatic amines is 1. The predicted octanol–water partition coefficient (Wildman–Crippen LogP) is 0.771. The van der Waals surface area contributed by atoms with Crippen molar-refractivity contribution in [1.82, 2.24) is 20.1 Å². The van der Waals surface area contributed by atoms with E-state index in [0.717, 1.165) is 4.90 Å². The summed E-state index contributed by atoms with van der Waals surface area (Å²) in [5.74, 6) is -3.42. The van der Waals surface area contributed by atoms with Crippen LogP contribution in [0.3, 0.4) is 0 Å². The molecule has 2 heterocycles. The highest BCUT2D eigenvalue weighted by Crippen LogP contribution is 2.28. The number of piperidine rings is 1. The molecule has 20 heavy (non-hydrogen) atoms. The van der Waals surface area contributed by atoms with Crippen molar-refractivity contribution in [3.05, 3.63) is 11.6 Å². The van der Waals surface area contributed by atoms with Gasteiger partial charge in [-0.3, -0.25) is 9.89 Å². The zero-order chi connectivity index (χ0) is 14.9. The van der Waals surface area contributed by atoms with Crippen molar-refractivity contribution in [3.8, 4) is 0 Å². The van der Waals surface area contributed by atoms with Crippen LogP contribution in [0.1, 0.15) is 35.2 Å². The van der Waals surface area contributed by atoms with E-state index in [1.54, 1.807) is 0 Å². The number of amides is 1. The highest BCUT2D eigenvalue weighted by Gasteiger charge is 2.43. The summed E-state index contributed by atoms with van der Waals surface area (Å²) in [5, 5.41) is 14.6. The molecule has 1 saturated heterocycles. The molecule has 1 fully saturated rings. The van der Waals surface area contributed by atoms with Crippen molar-refractivity contribution < 1.29 is 27.9 Å². The van der Waals surface area contributed by atoms with Crippen LogP contribution in [-0.4, -0.2) is 56.3 Å². The molecule has 0 atom stereocenters. The van der Waals surface area contributed by atoms with Crippen molar-refractivity contribution in [1.29, 1.82) is 0 Å². The van der Waals surface area contributed by atoms with Crippen molar-refractivity contribution in [3.63, 3.8) is 0 Å². The molecule has 1 amide bonds. The summed E-state index contributed by atoms with van der Waals surface area (Å²) >= 11 is 0. The quantitative estimate of drug-likeness (QED) is 0.838. The molecule has 10 heteroatoms. The molecule has 0 bridgehead atoms. The third kappa shape index (κ3) is 2.89. The molecule has 7 nitrogen and oxygen atoms in total. The average molecular weight is 292 g/mol. The number of aromatic nitrogens is 3. The molecule has 1 aliphatic rings. The van der Waals surface area contributed by atoms with E-state index in [4.69, 9.17) is 5.11 Å². The number of hydrogen-bond acceptors (Lipinski definition) is 4. The monoisotopic (exact) mass is 292 g/mol. The molecule has 0 spiro atoms. The molecule has 110 valence electrons. The Morgan fingerprint density at radius 2 is 1.90 bits per heavy atom. The highest BCUT2D eigenvalue weighted by molar-refractivity contribution is 5.83. The van der Waals surface area contributed by atoms with Gasteiger partial charge in [-0.05, 0) is 12.8 Å². The second-order valence-electron chi connectivity index (χ2n) is 4.41. The molecule has 1 aromatic rings. The summed E-state index contributed by atoms with van der Waals surface area (Å²) in [5.41, 5.74) is 0. The van der Waals surface area contributed by atoms with Crippen LogP contribution >= 0.6 is 0 Å². The van der Waals surface area contributed by atoms with E-state index in [9.17, 15) is 22.8 Å². The maximum Gasteiger partial charge on any atom is 0.471 e. The fraction of sp³-hybridized carbons (Fsp3) is 0.600. The summed E-state index contributed by atoms with van der Waals surface area (Å²) in [6.45, 7) is -0.0990. The van der Waals surface area contributed by atoms with E-state index in [0.29, 0.717) is 5.82 Å². The van der Waals surface area contributed by atoms with Crippen LogP contribution in [0.2, 0.25) is 0 Å². The third-order valence-electron chi connectivity index (χ3n) is 3.11. The van der Waals surface area contributed by atoms with Gasteiger partial charge in [-0.25, -0.2) is 9.78 Å². The Balaban J connectivity index is 1.97. The van der Waals surface area contributed by atoms with Crippen LogP contribution in [0, 0.1) is 0 Å². The van der Waals surface area contributed by atoms with Gasteiger partial charge < -0.3 is 10.0 Å². The van der Waals surface area contributed by atoms with Gasteiger partial charge in [-0.15, -0.1) is 5.10 Å². The lowest BCUT2D eigenvalue weighted by atomic mass is 9.96. The minimum atomic E-state index is -4.87. The van der Waals surface area contributed by atoms with Crippen molar-refractivity contribution in [2.45, 2.75) is 24.9 Å². The Hall–Kier alpha value is -2.13. The van der Waals surface area contributed by atoms with Gasteiger partial charge in [0, 0.05) is 19.0 Å². The molecular formula is C10H11F3N4O3. The fourth-order valence-electron chi connectivity index (χ4n) is 2.09. The number of halogens is 3. The molecule has 0 aromatic carbocycles. The smallest absolute Gasteiger partial charge is 0.471 e. The topological polar surface area (TPSA) is 99.2 Å². The van der Waals surface area contributed by atoms with Gasteiger partial charge in [0.2, 0.25) is 0 Å². The molecule has 0 aliphatic carbocycles. The van der Waals surface area contributed by atoms with Gasteiger partial charge in [0.15, 0.2) is 0 Å². The average Bonchev–Trinajstić information content (AvgIpc) is 2.86. The summed E-state index contributed by atoms with van der Waals surface area (Å²) < 4.78 is 36.8. The van der Waals surface area contributed by atoms with Gasteiger partial charge in [0.1, 0.15) is 5.82 Å². The maximum absolute atomic E-state index is 12.3. The van der Waals surface area contributed by atoms with Crippen LogP contribution in [0.25, 0.3) is 0 Å². The number of alkyl halides is 3. The van der Waals surface area contributed by atoms with Crippen LogP contribution in [-0.2, 0) is 4.79 Å². The second kappa shape index (κ2) is 5.10. The number of rotatable bonds is 2. The molecule has 2 N–H and O–H groups in total. The van der Waals surface area contributed by atoms with Gasteiger partial charge in [-0.2, -0.15) is 13.2 Å². The minimum Gasteiger partial charge on any atom is -0.475 e. The molecule has 1 aromatic heterocycles. The number of hydrogen-bond donors (Lipinski definition) is 2. The van der Waals surface area contributed by atoms with E-state index >= 15 is 0 Å². The molecule has 0 unspecified atom stereocenters. The number of carbonyl (C=O) groups excluding carboxylic acids is 1. The number of nitrogens with one attached hydrogen (secondary N) is 1. The Bertz CT molecular complexity index is 520. The molecule has 0 saturated carbocycles. The Labute approximate surface area is 110 Å². The standard InChI is InChI=1S/C10H11F3N4O3/c11-10(12,13)9(20)17-3-1-5(2-4-17)6-14-7(8(18)19)16-15-6/h5H,1-4H2,(H,18,19)(H,14,15,16). The first-order valence-corrected chi connectivity index (χ1v) is 5.80. The highest BCUT2D eigenvalue weighted by atomic mass is 19.4. The molecule has 2 rings (SSSR count). The summed E-state index contributed by atoms with van der Waals surface area (Å²) in [6, 6.07) is 0. The van der Waals surface area contributed by atoms with Crippen LogP contribution < -0.4 is 0 Å². The Morgan fingerprint density at radius 1 is 1.30 bits per heavy atom. The maximum atomic E-state index is 12.3. The lowest BCUT2D eigenvalue weighted by Gasteiger charge is -2.31. The lowest BCUT2D eigenvalue weighted by molar-refractivity contribution is -0.186. The summed E-state index contributed by atoms with van der Waals surface area (Å²) in [7, 11) is 0. The van der Waals surface area contributed by atoms with Crippen LogP contribution in [0.5, 0.6) is 0 Å². The predicted molar refractivity (Wildman–Crippen MR) is 58.0 cm³/mol. The second-order valence-corrected chi connectivity index (χ2v) is 4.41. The zero-order valence-corrected chi connectivity index (χ0v) is 10.1. The first-order chi connectivity index (χ1) is 9.29. The van der Waals surface area contributed by atoms with Gasteiger partial charge in [0.25, 0.3) is 5.82 Å². The number of aromatic carboxylic acids is 1. The lowest BCUT2D eigenvalue weighted by Crippen LogP contribution is -2.45. The summed E-state index contributed by atoms with van der Waals surface area (Å²) in [4.78, 5) is 26.2. The molecule has 0 radical (unpaired) electrons. The Morgan fingerprint density at radius 3 is 2.35 bits per heavy atom. The van der Waals surface area contributed by atoms with E-state index in [-0.39, 0.29) is 37.7 Å². The third-order valence-corrected chi connectivity index (χ3v) is 3.11. The van der Waals surface area contributed by atoms with E-state index < -0.39 is 18.1 Å². The normalized spacial score (nSPS) is 17.2.